The number of nitrogens with one attached hydrogen (secondary N) is 1. The van der Waals surface area contributed by atoms with Gasteiger partial charge in [0.2, 0.25) is 5.91 Å². The summed E-state index contributed by atoms with van der Waals surface area (Å²) in [5.41, 5.74) is 2.61. The Hall–Kier alpha value is -2.89. The fourth-order valence-corrected chi connectivity index (χ4v) is 4.00. The lowest BCUT2D eigenvalue weighted by molar-refractivity contribution is -0.121. The van der Waals surface area contributed by atoms with Gasteiger partial charge in [0, 0.05) is 42.6 Å². The summed E-state index contributed by atoms with van der Waals surface area (Å²) < 4.78 is 13.2. The molecule has 0 spiro atoms. The van der Waals surface area contributed by atoms with Crippen molar-refractivity contribution in [3.63, 3.8) is 0 Å². The molecule has 4 nitrogen and oxygen atoms in total. The van der Waals surface area contributed by atoms with Crippen LogP contribution in [0.5, 0.6) is 0 Å². The van der Waals surface area contributed by atoms with Crippen molar-refractivity contribution in [2.75, 3.05) is 36.4 Å². The molecule has 1 aliphatic rings. The van der Waals surface area contributed by atoms with Gasteiger partial charge in [-0.25, -0.2) is 4.39 Å². The van der Waals surface area contributed by atoms with Crippen molar-refractivity contribution in [1.82, 2.24) is 4.90 Å². The van der Waals surface area contributed by atoms with Crippen LogP contribution in [0.2, 0.25) is 5.02 Å². The maximum atomic E-state index is 13.2. The zero-order valence-electron chi connectivity index (χ0n) is 16.5. The molecule has 1 unspecified atom stereocenters. The molecular formula is C24H23ClFN3O. The molecule has 0 aromatic heterocycles. The summed E-state index contributed by atoms with van der Waals surface area (Å²) in [4.78, 5) is 17.7. The van der Waals surface area contributed by atoms with E-state index in [2.05, 4.69) is 21.2 Å². The van der Waals surface area contributed by atoms with Gasteiger partial charge in [-0.2, -0.15) is 0 Å². The van der Waals surface area contributed by atoms with Crippen LogP contribution in [-0.4, -0.2) is 37.0 Å². The largest absolute Gasteiger partial charge is 0.369 e. The summed E-state index contributed by atoms with van der Waals surface area (Å²) in [7, 11) is 0. The third-order valence-corrected chi connectivity index (χ3v) is 5.56. The number of benzene rings is 3. The zero-order chi connectivity index (χ0) is 20.9. The first kappa shape index (κ1) is 20.4. The Morgan fingerprint density at radius 2 is 1.60 bits per heavy atom. The molecule has 1 aliphatic heterocycles. The first-order valence-corrected chi connectivity index (χ1v) is 10.3. The molecule has 30 heavy (non-hydrogen) atoms. The van der Waals surface area contributed by atoms with Crippen LogP contribution in [0.3, 0.4) is 0 Å². The van der Waals surface area contributed by atoms with Gasteiger partial charge in [-0.05, 0) is 48.0 Å². The average molecular weight is 424 g/mol. The Labute approximate surface area is 180 Å². The van der Waals surface area contributed by atoms with Crippen LogP contribution < -0.4 is 10.2 Å². The van der Waals surface area contributed by atoms with Gasteiger partial charge in [-0.15, -0.1) is 0 Å². The Balaban J connectivity index is 1.50. The van der Waals surface area contributed by atoms with Gasteiger partial charge in [-0.1, -0.05) is 48.0 Å². The van der Waals surface area contributed by atoms with E-state index in [4.69, 9.17) is 11.6 Å². The molecule has 6 heteroatoms. The normalized spacial score (nSPS) is 15.6. The minimum absolute atomic E-state index is 0.121. The topological polar surface area (TPSA) is 35.6 Å². The molecular weight excluding hydrogens is 401 g/mol. The molecule has 3 aromatic carbocycles. The number of amides is 1. The van der Waals surface area contributed by atoms with E-state index in [9.17, 15) is 9.18 Å². The third kappa shape index (κ3) is 4.81. The summed E-state index contributed by atoms with van der Waals surface area (Å²) in [5, 5.41) is 3.66. The molecule has 1 fully saturated rings. The van der Waals surface area contributed by atoms with Crippen molar-refractivity contribution >= 4 is 28.9 Å². The van der Waals surface area contributed by atoms with Crippen LogP contribution in [0.15, 0.2) is 78.9 Å². The van der Waals surface area contributed by atoms with Crippen LogP contribution >= 0.6 is 11.6 Å². The number of hydrogen-bond acceptors (Lipinski definition) is 3. The minimum Gasteiger partial charge on any atom is -0.369 e. The van der Waals surface area contributed by atoms with E-state index in [-0.39, 0.29) is 11.7 Å². The lowest BCUT2D eigenvalue weighted by Gasteiger charge is -2.39. The molecule has 3 aromatic rings. The second-order valence-corrected chi connectivity index (χ2v) is 7.75. The summed E-state index contributed by atoms with van der Waals surface area (Å²) in [6.07, 6.45) is 0. The Morgan fingerprint density at radius 1 is 0.900 bits per heavy atom. The van der Waals surface area contributed by atoms with Crippen LogP contribution in [0.25, 0.3) is 0 Å². The van der Waals surface area contributed by atoms with Crippen molar-refractivity contribution < 1.29 is 9.18 Å². The Kier molecular flexibility index (Phi) is 6.31. The molecule has 0 saturated carbocycles. The molecule has 1 amide bonds. The van der Waals surface area contributed by atoms with Crippen molar-refractivity contribution in [3.8, 4) is 0 Å². The van der Waals surface area contributed by atoms with E-state index >= 15 is 0 Å². The number of carbonyl (C=O) groups is 1. The summed E-state index contributed by atoms with van der Waals surface area (Å²) in [5.74, 6) is -0.450. The number of halogens is 2. The predicted octanol–water partition coefficient (Wildman–Crippen LogP) is 4.98. The van der Waals surface area contributed by atoms with Gasteiger partial charge in [-0.3, -0.25) is 9.69 Å². The third-order valence-electron chi connectivity index (χ3n) is 5.33. The maximum absolute atomic E-state index is 13.2. The van der Waals surface area contributed by atoms with Gasteiger partial charge in [0.15, 0.2) is 0 Å². The van der Waals surface area contributed by atoms with Gasteiger partial charge >= 0.3 is 0 Å². The minimum atomic E-state index is -0.419. The highest BCUT2D eigenvalue weighted by Crippen LogP contribution is 2.27. The van der Waals surface area contributed by atoms with E-state index < -0.39 is 6.04 Å². The second-order valence-electron chi connectivity index (χ2n) is 7.31. The fraction of sp³-hybridized carbons (Fsp3) is 0.208. The van der Waals surface area contributed by atoms with Gasteiger partial charge < -0.3 is 10.2 Å². The first-order chi connectivity index (χ1) is 14.6. The molecule has 1 saturated heterocycles. The van der Waals surface area contributed by atoms with E-state index in [1.54, 1.807) is 12.1 Å². The van der Waals surface area contributed by atoms with E-state index in [1.807, 2.05) is 48.5 Å². The molecule has 1 heterocycles. The number of rotatable bonds is 5. The number of piperazine rings is 1. The summed E-state index contributed by atoms with van der Waals surface area (Å²) in [6, 6.07) is 23.0. The van der Waals surface area contributed by atoms with Crippen molar-refractivity contribution in [2.24, 2.45) is 0 Å². The van der Waals surface area contributed by atoms with Gasteiger partial charge in [0.1, 0.15) is 11.9 Å². The van der Waals surface area contributed by atoms with Crippen molar-refractivity contribution in [2.45, 2.75) is 6.04 Å². The van der Waals surface area contributed by atoms with Gasteiger partial charge in [0.05, 0.1) is 0 Å². The lowest BCUT2D eigenvalue weighted by atomic mass is 10.0. The SMILES string of the molecule is O=C(Nc1ccc(F)cc1)C(c1ccccc1)N1CCN(c2cccc(Cl)c2)CC1. The standard InChI is InChI=1S/C24H23ClFN3O/c25-19-7-4-8-22(17-19)28-13-15-29(16-14-28)23(18-5-2-1-3-6-18)24(30)27-21-11-9-20(26)10-12-21/h1-12,17,23H,13-16H2,(H,27,30). The molecule has 0 bridgehead atoms. The molecule has 1 atom stereocenters. The maximum Gasteiger partial charge on any atom is 0.246 e. The number of carbonyl (C=O) groups excluding carboxylic acids is 1. The highest BCUT2D eigenvalue weighted by molar-refractivity contribution is 6.30. The average Bonchev–Trinajstić information content (AvgIpc) is 2.77. The number of anilines is 2. The van der Waals surface area contributed by atoms with Crippen LogP contribution in [0.1, 0.15) is 11.6 Å². The summed E-state index contributed by atoms with van der Waals surface area (Å²) in [6.45, 7) is 3.08. The first-order valence-electron chi connectivity index (χ1n) is 9.96. The highest BCUT2D eigenvalue weighted by atomic mass is 35.5. The van der Waals surface area contributed by atoms with Gasteiger partial charge in [0.25, 0.3) is 0 Å². The van der Waals surface area contributed by atoms with Crippen LogP contribution in [-0.2, 0) is 4.79 Å². The quantitative estimate of drug-likeness (QED) is 0.628. The zero-order valence-corrected chi connectivity index (χ0v) is 17.2. The van der Waals surface area contributed by atoms with Crippen LogP contribution in [0.4, 0.5) is 15.8 Å². The molecule has 4 rings (SSSR count). The number of nitrogens with zero attached hydrogens (tertiary/aromatic N) is 2. The Bertz CT molecular complexity index is 989. The predicted molar refractivity (Wildman–Crippen MR) is 119 cm³/mol. The van der Waals surface area contributed by atoms with Crippen molar-refractivity contribution in [1.29, 1.82) is 0 Å². The smallest absolute Gasteiger partial charge is 0.246 e. The lowest BCUT2D eigenvalue weighted by Crippen LogP contribution is -2.50. The Morgan fingerprint density at radius 3 is 2.27 bits per heavy atom. The fourth-order valence-electron chi connectivity index (χ4n) is 3.82. The molecule has 0 aliphatic carbocycles. The van der Waals surface area contributed by atoms with E-state index in [0.29, 0.717) is 5.69 Å². The molecule has 154 valence electrons. The van der Waals surface area contributed by atoms with E-state index in [1.165, 1.54) is 12.1 Å². The highest BCUT2D eigenvalue weighted by Gasteiger charge is 2.30. The number of hydrogen-bond donors (Lipinski definition) is 1. The van der Waals surface area contributed by atoms with E-state index in [0.717, 1.165) is 42.5 Å². The van der Waals surface area contributed by atoms with Crippen LogP contribution in [0, 0.1) is 5.82 Å². The second kappa shape index (κ2) is 9.28. The molecule has 0 radical (unpaired) electrons. The van der Waals surface area contributed by atoms with Crippen molar-refractivity contribution in [3.05, 3.63) is 95.3 Å². The molecule has 1 N–H and O–H groups in total. The summed E-state index contributed by atoms with van der Waals surface area (Å²) >= 11 is 6.14. The monoisotopic (exact) mass is 423 g/mol.